The van der Waals surface area contributed by atoms with E-state index < -0.39 is 9.52 Å². The average molecular weight is 549 g/mol. The monoisotopic (exact) mass is 548 g/mol. The van der Waals surface area contributed by atoms with Crippen LogP contribution in [0.2, 0.25) is 5.04 Å². The molecule has 0 nitrogen and oxygen atoms in total. The van der Waals surface area contributed by atoms with Crippen LogP contribution in [0.25, 0.3) is 5.57 Å². The van der Waals surface area contributed by atoms with E-state index in [1.165, 1.54) is 44.5 Å². The minimum Gasteiger partial charge on any atom is -0.0655 e. The van der Waals surface area contributed by atoms with Crippen LogP contribution in [0.4, 0.5) is 0 Å². The fourth-order valence-corrected chi connectivity index (χ4v) is 9.45. The van der Waals surface area contributed by atoms with Crippen molar-refractivity contribution in [1.29, 1.82) is 0 Å². The lowest BCUT2D eigenvalue weighted by Gasteiger charge is -2.37. The second-order valence-corrected chi connectivity index (χ2v) is 16.7. The lowest BCUT2D eigenvalue weighted by Crippen LogP contribution is -2.33. The van der Waals surface area contributed by atoms with Gasteiger partial charge in [0.15, 0.2) is 0 Å². The minimum absolute atomic E-state index is 0.0402. The Bertz CT molecular complexity index is 1380. The Morgan fingerprint density at radius 2 is 1.12 bits per heavy atom. The predicted molar refractivity (Wildman–Crippen MR) is 181 cm³/mol. The van der Waals surface area contributed by atoms with E-state index in [1.54, 1.807) is 16.3 Å². The molecule has 0 N–H and O–H groups in total. The van der Waals surface area contributed by atoms with E-state index in [0.717, 1.165) is 19.3 Å². The van der Waals surface area contributed by atoms with E-state index in [2.05, 4.69) is 143 Å². The van der Waals surface area contributed by atoms with E-state index in [4.69, 9.17) is 0 Å². The third-order valence-corrected chi connectivity index (χ3v) is 12.1. The lowest BCUT2D eigenvalue weighted by atomic mass is 9.76. The van der Waals surface area contributed by atoms with Crippen LogP contribution in [0, 0.1) is 0 Å². The van der Waals surface area contributed by atoms with Crippen molar-refractivity contribution in [3.63, 3.8) is 0 Å². The molecule has 1 atom stereocenters. The molecule has 0 aliphatic heterocycles. The van der Waals surface area contributed by atoms with E-state index in [9.17, 15) is 0 Å². The molecule has 0 radical (unpaired) electrons. The minimum atomic E-state index is -0.734. The van der Waals surface area contributed by atoms with Gasteiger partial charge in [0, 0.05) is 5.04 Å². The topological polar surface area (TPSA) is 0 Å². The van der Waals surface area contributed by atoms with Gasteiger partial charge < -0.3 is 0 Å². The molecule has 0 aromatic heterocycles. The molecule has 40 heavy (non-hydrogen) atoms. The molecule has 0 spiro atoms. The first-order valence-corrected chi connectivity index (χ1v) is 16.8. The Balaban J connectivity index is 2.03. The predicted octanol–water partition coefficient (Wildman–Crippen LogP) is 9.43. The second kappa shape index (κ2) is 11.3. The Morgan fingerprint density at radius 3 is 1.60 bits per heavy atom. The number of hydrogen-bond donors (Lipinski definition) is 0. The first-order chi connectivity index (χ1) is 18.7. The van der Waals surface area contributed by atoms with Gasteiger partial charge in [0.1, 0.15) is 0 Å². The Labute approximate surface area is 247 Å². The summed E-state index contributed by atoms with van der Waals surface area (Å²) in [5.41, 5.74) is 15.1. The summed E-state index contributed by atoms with van der Waals surface area (Å²) in [4.78, 5) is 0. The lowest BCUT2D eigenvalue weighted by molar-refractivity contribution is 0.568. The smallest absolute Gasteiger partial charge is 0.0655 e. The normalized spacial score (nSPS) is 18.5. The van der Waals surface area contributed by atoms with Crippen molar-refractivity contribution >= 4 is 20.3 Å². The Morgan fingerprint density at radius 1 is 0.625 bits per heavy atom. The van der Waals surface area contributed by atoms with E-state index in [1.807, 2.05) is 0 Å². The number of benzene rings is 3. The molecule has 4 rings (SSSR count). The molecule has 0 bridgehead atoms. The van der Waals surface area contributed by atoms with Crippen molar-refractivity contribution in [1.82, 2.24) is 0 Å². The SMILES string of the molecule is CCc1cc(CC)cc(CC2([SiH2]c3ccccc3)C(C)=C(C)C(C)=C2c2cc(C(C)(C)C)cc(C(C)(C)C)c2)c1. The summed E-state index contributed by atoms with van der Waals surface area (Å²) >= 11 is 0. The summed E-state index contributed by atoms with van der Waals surface area (Å²) in [5.74, 6) is 0. The maximum absolute atomic E-state index is 2.54. The van der Waals surface area contributed by atoms with Crippen LogP contribution in [-0.4, -0.2) is 9.52 Å². The van der Waals surface area contributed by atoms with Crippen LogP contribution < -0.4 is 5.19 Å². The Kier molecular flexibility index (Phi) is 8.58. The average Bonchev–Trinajstić information content (AvgIpc) is 3.08. The van der Waals surface area contributed by atoms with Gasteiger partial charge in [-0.05, 0) is 101 Å². The van der Waals surface area contributed by atoms with E-state index >= 15 is 0 Å². The largest absolute Gasteiger partial charge is 0.0718 e. The molecule has 1 aliphatic rings. The summed E-state index contributed by atoms with van der Waals surface area (Å²) < 4.78 is 0. The highest BCUT2D eigenvalue weighted by atomic mass is 28.2. The number of rotatable bonds is 7. The zero-order valence-electron chi connectivity index (χ0n) is 27.2. The number of aryl methyl sites for hydroxylation is 2. The molecule has 0 saturated heterocycles. The van der Waals surface area contributed by atoms with Crippen molar-refractivity contribution in [3.8, 4) is 0 Å². The van der Waals surface area contributed by atoms with Crippen molar-refractivity contribution < 1.29 is 0 Å². The molecule has 1 unspecified atom stereocenters. The van der Waals surface area contributed by atoms with Gasteiger partial charge in [0.2, 0.25) is 0 Å². The summed E-state index contributed by atoms with van der Waals surface area (Å²) in [6, 6.07) is 26.4. The van der Waals surface area contributed by atoms with Crippen LogP contribution in [-0.2, 0) is 30.1 Å². The molecule has 3 aromatic rings. The van der Waals surface area contributed by atoms with Crippen LogP contribution in [0.15, 0.2) is 83.4 Å². The maximum Gasteiger partial charge on any atom is 0.0718 e. The number of allylic oxidation sites excluding steroid dienone is 4. The molecule has 0 fully saturated rings. The van der Waals surface area contributed by atoms with Gasteiger partial charge in [-0.3, -0.25) is 0 Å². The zero-order valence-corrected chi connectivity index (χ0v) is 28.6. The van der Waals surface area contributed by atoms with Gasteiger partial charge in [0.05, 0.1) is 9.52 Å². The molecule has 1 aliphatic carbocycles. The molecule has 0 saturated carbocycles. The Hall–Kier alpha value is -2.64. The summed E-state index contributed by atoms with van der Waals surface area (Å²) in [5, 5.41) is 1.59. The molecule has 0 heterocycles. The molecular weight excluding hydrogens is 497 g/mol. The summed E-state index contributed by atoms with van der Waals surface area (Å²) in [7, 11) is -0.734. The van der Waals surface area contributed by atoms with Crippen LogP contribution in [0.5, 0.6) is 0 Å². The van der Waals surface area contributed by atoms with Crippen LogP contribution >= 0.6 is 0 Å². The van der Waals surface area contributed by atoms with Gasteiger partial charge in [-0.25, -0.2) is 0 Å². The van der Waals surface area contributed by atoms with Crippen molar-refractivity contribution in [2.75, 3.05) is 0 Å². The third kappa shape index (κ3) is 6.01. The maximum atomic E-state index is 2.54. The quantitative estimate of drug-likeness (QED) is 0.258. The van der Waals surface area contributed by atoms with E-state index in [-0.39, 0.29) is 15.9 Å². The van der Waals surface area contributed by atoms with Crippen molar-refractivity contribution in [2.45, 2.75) is 111 Å². The fraction of sp³-hybridized carbons (Fsp3) is 0.436. The first-order valence-electron chi connectivity index (χ1n) is 15.4. The summed E-state index contributed by atoms with van der Waals surface area (Å²) in [6.07, 6.45) is 3.25. The third-order valence-electron chi connectivity index (χ3n) is 9.43. The molecule has 0 amide bonds. The van der Waals surface area contributed by atoms with Crippen molar-refractivity contribution in [3.05, 3.63) is 117 Å². The van der Waals surface area contributed by atoms with Gasteiger partial charge in [-0.15, -0.1) is 0 Å². The highest BCUT2D eigenvalue weighted by Gasteiger charge is 2.44. The van der Waals surface area contributed by atoms with E-state index in [0.29, 0.717) is 0 Å². The zero-order chi connectivity index (χ0) is 29.5. The van der Waals surface area contributed by atoms with Gasteiger partial charge in [-0.1, -0.05) is 133 Å². The fourth-order valence-electron chi connectivity index (χ4n) is 6.65. The standard InChI is InChI=1S/C39H52Si/c1-12-29-19-30(13-2)21-31(20-29)25-39(40-35-17-15-14-16-18-35)28(5)26(3)27(4)36(39)32-22-33(37(6,7)8)24-34(23-32)38(9,10)11/h14-24H,12-13,25,40H2,1-11H3. The van der Waals surface area contributed by atoms with Gasteiger partial charge in [-0.2, -0.15) is 0 Å². The summed E-state index contributed by atoms with van der Waals surface area (Å²) in [6.45, 7) is 26.0. The van der Waals surface area contributed by atoms with Crippen LogP contribution in [0.3, 0.4) is 0 Å². The highest BCUT2D eigenvalue weighted by Crippen LogP contribution is 2.59. The van der Waals surface area contributed by atoms with Crippen LogP contribution in [0.1, 0.15) is 110 Å². The molecule has 212 valence electrons. The van der Waals surface area contributed by atoms with Crippen molar-refractivity contribution in [2.24, 2.45) is 0 Å². The first kappa shape index (κ1) is 30.3. The number of hydrogen-bond acceptors (Lipinski definition) is 0. The van der Waals surface area contributed by atoms with Gasteiger partial charge >= 0.3 is 0 Å². The molecule has 1 heteroatoms. The second-order valence-electron chi connectivity index (χ2n) is 14.3. The molecular formula is C39H52Si. The highest BCUT2D eigenvalue weighted by molar-refractivity contribution is 6.61. The molecule has 3 aromatic carbocycles. The van der Waals surface area contributed by atoms with Gasteiger partial charge in [0.25, 0.3) is 0 Å².